The van der Waals surface area contributed by atoms with Gasteiger partial charge in [-0.1, -0.05) is 221 Å². The van der Waals surface area contributed by atoms with Gasteiger partial charge in [-0.25, -0.2) is 0 Å². The van der Waals surface area contributed by atoms with Crippen LogP contribution < -0.4 is 0 Å². The Labute approximate surface area is 414 Å². The van der Waals surface area contributed by atoms with Gasteiger partial charge in [-0.2, -0.15) is 0 Å². The monoisotopic (exact) mass is 933 g/mol. The van der Waals surface area contributed by atoms with Crippen molar-refractivity contribution in [1.29, 1.82) is 0 Å². The maximum atomic E-state index is 12.8. The number of carbonyl (C=O) groups excluding carboxylic acids is 3. The lowest BCUT2D eigenvalue weighted by atomic mass is 10.1. The largest absolute Gasteiger partial charge is 0.462 e. The molecule has 0 radical (unpaired) electrons. The molecule has 0 rings (SSSR count). The van der Waals surface area contributed by atoms with Gasteiger partial charge in [0.2, 0.25) is 0 Å². The van der Waals surface area contributed by atoms with E-state index in [0.29, 0.717) is 19.3 Å². The van der Waals surface area contributed by atoms with E-state index in [2.05, 4.69) is 106 Å². The Bertz CT molecular complexity index is 1300. The lowest BCUT2D eigenvalue weighted by Crippen LogP contribution is -2.30. The van der Waals surface area contributed by atoms with Gasteiger partial charge in [0.05, 0.1) is 0 Å². The van der Waals surface area contributed by atoms with E-state index in [1.165, 1.54) is 103 Å². The topological polar surface area (TPSA) is 78.9 Å². The third kappa shape index (κ3) is 53.4. The number of ether oxygens (including phenoxy) is 3. The molecule has 67 heavy (non-hydrogen) atoms. The number of esters is 3. The van der Waals surface area contributed by atoms with Crippen LogP contribution in [0.15, 0.2) is 85.1 Å². The van der Waals surface area contributed by atoms with Crippen molar-refractivity contribution in [2.75, 3.05) is 13.2 Å². The summed E-state index contributed by atoms with van der Waals surface area (Å²) in [6, 6.07) is 0. The Kier molecular flexibility index (Phi) is 52.4. The van der Waals surface area contributed by atoms with Crippen molar-refractivity contribution in [2.45, 2.75) is 271 Å². The summed E-state index contributed by atoms with van der Waals surface area (Å²) in [5.74, 6) is -0.914. The molecule has 0 aliphatic heterocycles. The van der Waals surface area contributed by atoms with Crippen molar-refractivity contribution in [3.05, 3.63) is 85.1 Å². The summed E-state index contributed by atoms with van der Waals surface area (Å²) < 4.78 is 16.8. The van der Waals surface area contributed by atoms with Gasteiger partial charge >= 0.3 is 17.9 Å². The Hall–Kier alpha value is -3.41. The van der Waals surface area contributed by atoms with E-state index >= 15 is 0 Å². The highest BCUT2D eigenvalue weighted by Crippen LogP contribution is 2.14. The molecule has 0 saturated carbocycles. The van der Waals surface area contributed by atoms with E-state index in [9.17, 15) is 14.4 Å². The fraction of sp³-hybridized carbons (Fsp3) is 0.721. The molecule has 0 spiro atoms. The predicted octanol–water partition coefficient (Wildman–Crippen LogP) is 18.8. The number of hydrogen-bond donors (Lipinski definition) is 0. The average molecular weight is 933 g/mol. The first-order valence-corrected chi connectivity index (χ1v) is 28.1. The molecule has 0 bridgehead atoms. The normalized spacial score (nSPS) is 12.7. The number of rotatable bonds is 50. The minimum absolute atomic E-state index is 0.0878. The molecule has 0 aliphatic carbocycles. The Morgan fingerprint density at radius 3 is 0.985 bits per heavy atom. The first-order valence-electron chi connectivity index (χ1n) is 28.1. The van der Waals surface area contributed by atoms with Crippen molar-refractivity contribution in [3.8, 4) is 0 Å². The number of allylic oxidation sites excluding steroid dienone is 14. The summed E-state index contributed by atoms with van der Waals surface area (Å²) in [5, 5.41) is 0. The molecule has 6 nitrogen and oxygen atoms in total. The van der Waals surface area contributed by atoms with Crippen molar-refractivity contribution in [2.24, 2.45) is 0 Å². The zero-order chi connectivity index (χ0) is 48.6. The molecule has 384 valence electrons. The van der Waals surface area contributed by atoms with Gasteiger partial charge in [0.25, 0.3) is 0 Å². The van der Waals surface area contributed by atoms with Crippen LogP contribution in [0.25, 0.3) is 0 Å². The Morgan fingerprint density at radius 2 is 0.612 bits per heavy atom. The van der Waals surface area contributed by atoms with Crippen molar-refractivity contribution in [3.63, 3.8) is 0 Å². The second kappa shape index (κ2) is 55.2. The Morgan fingerprint density at radius 1 is 0.313 bits per heavy atom. The summed E-state index contributed by atoms with van der Waals surface area (Å²) in [5.41, 5.74) is 0. The molecule has 0 aromatic rings. The molecule has 0 amide bonds. The van der Waals surface area contributed by atoms with Gasteiger partial charge in [0.15, 0.2) is 6.10 Å². The molecule has 0 aliphatic rings. The quantitative estimate of drug-likeness (QED) is 0.0262. The van der Waals surface area contributed by atoms with Crippen LogP contribution in [0.3, 0.4) is 0 Å². The SMILES string of the molecule is CC/C=C\C/C=C\C/C=C\C/C=C\C/C=C\CCCCCCCCCC(=O)OCC(COC(=O)CCCCCCC/C=C\CCC)OC(=O)CCCCCCC/C=C\CCCCCCCCC. The highest BCUT2D eigenvalue weighted by atomic mass is 16.6. The first-order chi connectivity index (χ1) is 33.0. The lowest BCUT2D eigenvalue weighted by molar-refractivity contribution is -0.167. The first kappa shape index (κ1) is 63.6. The summed E-state index contributed by atoms with van der Waals surface area (Å²) in [6.07, 6.45) is 71.5. The van der Waals surface area contributed by atoms with Crippen LogP contribution in [0.2, 0.25) is 0 Å². The van der Waals surface area contributed by atoms with Crippen LogP contribution in [0.1, 0.15) is 265 Å². The van der Waals surface area contributed by atoms with Gasteiger partial charge in [0, 0.05) is 19.3 Å². The fourth-order valence-corrected chi connectivity index (χ4v) is 7.64. The van der Waals surface area contributed by atoms with E-state index in [-0.39, 0.29) is 31.1 Å². The Balaban J connectivity index is 4.33. The van der Waals surface area contributed by atoms with Crippen LogP contribution in [0.5, 0.6) is 0 Å². The van der Waals surface area contributed by atoms with E-state index < -0.39 is 6.10 Å². The number of unbranched alkanes of at least 4 members (excludes halogenated alkanes) is 25. The molecule has 6 heteroatoms. The highest BCUT2D eigenvalue weighted by Gasteiger charge is 2.19. The van der Waals surface area contributed by atoms with Crippen molar-refractivity contribution in [1.82, 2.24) is 0 Å². The van der Waals surface area contributed by atoms with Crippen molar-refractivity contribution >= 4 is 17.9 Å². The van der Waals surface area contributed by atoms with Crippen molar-refractivity contribution < 1.29 is 28.6 Å². The van der Waals surface area contributed by atoms with Gasteiger partial charge in [-0.15, -0.1) is 0 Å². The minimum atomic E-state index is -0.788. The highest BCUT2D eigenvalue weighted by molar-refractivity contribution is 5.71. The van der Waals surface area contributed by atoms with Crippen LogP contribution in [0.4, 0.5) is 0 Å². The van der Waals surface area contributed by atoms with Crippen LogP contribution in [-0.4, -0.2) is 37.2 Å². The van der Waals surface area contributed by atoms with E-state index in [0.717, 1.165) is 122 Å². The molecule has 1 unspecified atom stereocenters. The molecule has 0 N–H and O–H groups in total. The molecule has 1 atom stereocenters. The lowest BCUT2D eigenvalue weighted by Gasteiger charge is -2.18. The van der Waals surface area contributed by atoms with Crippen LogP contribution >= 0.6 is 0 Å². The summed E-state index contributed by atoms with van der Waals surface area (Å²) in [4.78, 5) is 38.0. The smallest absolute Gasteiger partial charge is 0.306 e. The predicted molar refractivity (Wildman–Crippen MR) is 288 cm³/mol. The second-order valence-corrected chi connectivity index (χ2v) is 18.5. The summed E-state index contributed by atoms with van der Waals surface area (Å²) in [7, 11) is 0. The average Bonchev–Trinajstić information content (AvgIpc) is 3.33. The third-order valence-corrected chi connectivity index (χ3v) is 11.8. The zero-order valence-corrected chi connectivity index (χ0v) is 43.9. The molecular weight excluding hydrogens is 829 g/mol. The van der Waals surface area contributed by atoms with E-state index in [1.54, 1.807) is 0 Å². The summed E-state index contributed by atoms with van der Waals surface area (Å²) in [6.45, 7) is 6.44. The van der Waals surface area contributed by atoms with Crippen LogP contribution in [0, 0.1) is 0 Å². The van der Waals surface area contributed by atoms with Crippen LogP contribution in [-0.2, 0) is 28.6 Å². The number of hydrogen-bond acceptors (Lipinski definition) is 6. The molecular formula is C61H104O6. The van der Waals surface area contributed by atoms with Gasteiger partial charge in [-0.05, 0) is 109 Å². The second-order valence-electron chi connectivity index (χ2n) is 18.5. The maximum absolute atomic E-state index is 12.8. The molecule has 0 heterocycles. The third-order valence-electron chi connectivity index (χ3n) is 11.8. The minimum Gasteiger partial charge on any atom is -0.462 e. The van der Waals surface area contributed by atoms with Gasteiger partial charge in [-0.3, -0.25) is 14.4 Å². The molecule has 0 aromatic heterocycles. The zero-order valence-electron chi connectivity index (χ0n) is 43.9. The standard InChI is InChI=1S/C61H104O6/c1-4-7-10-13-16-19-22-24-26-28-29-30-31-32-33-34-36-37-39-42-45-48-51-54-60(63)66-57-58(56-65-59(62)53-50-47-44-41-21-18-15-12-9-6-3)67-61(64)55-52-49-46-43-40-38-35-27-25-23-20-17-14-11-8-5-2/h7,10,12,15-16,19,24,26-27,29-30,32-33,35,58H,4-6,8-9,11,13-14,17-18,20-23,25,28,31,34,36-57H2,1-3H3/b10-7-,15-12-,19-16-,26-24-,30-29-,33-32-,35-27-. The summed E-state index contributed by atoms with van der Waals surface area (Å²) >= 11 is 0. The van der Waals surface area contributed by atoms with Gasteiger partial charge in [0.1, 0.15) is 13.2 Å². The fourth-order valence-electron chi connectivity index (χ4n) is 7.64. The van der Waals surface area contributed by atoms with E-state index in [1.807, 2.05) is 0 Å². The molecule has 0 fully saturated rings. The molecule has 0 saturated heterocycles. The maximum Gasteiger partial charge on any atom is 0.306 e. The van der Waals surface area contributed by atoms with Gasteiger partial charge < -0.3 is 14.2 Å². The number of carbonyl (C=O) groups is 3. The van der Waals surface area contributed by atoms with E-state index in [4.69, 9.17) is 14.2 Å². The molecule has 0 aromatic carbocycles.